The molecule has 0 bridgehead atoms. The van der Waals surface area contributed by atoms with Crippen LogP contribution in [0.25, 0.3) is 0 Å². The van der Waals surface area contributed by atoms with E-state index in [1.54, 1.807) is 0 Å². The van der Waals surface area contributed by atoms with Crippen molar-refractivity contribution in [1.82, 2.24) is 21.7 Å². The zero-order valence-electron chi connectivity index (χ0n) is 8.58. The molecule has 8 N–H and O–H groups in total. The van der Waals surface area contributed by atoms with Crippen molar-refractivity contribution in [2.24, 2.45) is 0 Å². The predicted molar refractivity (Wildman–Crippen MR) is 58.6 cm³/mol. The second kappa shape index (κ2) is 5.68. The van der Waals surface area contributed by atoms with E-state index in [1.807, 2.05) is 0 Å². The second-order valence-electron chi connectivity index (χ2n) is 3.56. The fourth-order valence-corrected chi connectivity index (χ4v) is 1.33. The molecule has 4 atom stereocenters. The Bertz CT molecular complexity index is 245. The summed E-state index contributed by atoms with van der Waals surface area (Å²) in [7, 11) is 0. The lowest BCUT2D eigenvalue weighted by atomic mass is 10.0. The minimum absolute atomic E-state index is 0.286. The highest BCUT2D eigenvalue weighted by Crippen LogP contribution is 2.07. The number of rotatable bonds is 4. The Labute approximate surface area is 97.6 Å². The van der Waals surface area contributed by atoms with Crippen LogP contribution in [0, 0.1) is 0 Å². The molecule has 0 saturated carbocycles. The Balaban J connectivity index is 2.50. The third kappa shape index (κ3) is 3.22. The van der Waals surface area contributed by atoms with Crippen molar-refractivity contribution < 1.29 is 20.4 Å². The van der Waals surface area contributed by atoms with E-state index in [0.29, 0.717) is 0 Å². The van der Waals surface area contributed by atoms with Crippen molar-refractivity contribution in [3.8, 4) is 0 Å². The standard InChI is InChI=1S/C7H16N4O4S/c1-2(12)3(13)4(14)5(15)6-8-10-7(16)11-9-6/h2-6,8-9,12-15H,1H3,(H2,10,11,16)/t2-,3+,4-,5-/m0/s1. The summed E-state index contributed by atoms with van der Waals surface area (Å²) in [6, 6.07) is 0. The molecule has 1 rings (SSSR count). The lowest BCUT2D eigenvalue weighted by molar-refractivity contribution is -0.113. The van der Waals surface area contributed by atoms with E-state index in [4.69, 9.17) is 17.3 Å². The van der Waals surface area contributed by atoms with Crippen LogP contribution in [0.15, 0.2) is 0 Å². The van der Waals surface area contributed by atoms with Gasteiger partial charge in [-0.2, -0.15) is 0 Å². The number of hydrazine groups is 2. The quantitative estimate of drug-likeness (QED) is 0.238. The largest absolute Gasteiger partial charge is 0.391 e. The highest BCUT2D eigenvalue weighted by Gasteiger charge is 2.34. The van der Waals surface area contributed by atoms with Crippen LogP contribution in [0.1, 0.15) is 6.92 Å². The summed E-state index contributed by atoms with van der Waals surface area (Å²) in [5.74, 6) is 0. The summed E-state index contributed by atoms with van der Waals surface area (Å²) in [6.45, 7) is 1.31. The number of aliphatic hydroxyl groups excluding tert-OH is 4. The van der Waals surface area contributed by atoms with Gasteiger partial charge in [-0.15, -0.1) is 0 Å². The average Bonchev–Trinajstić information content (AvgIpc) is 2.27. The Kier molecular flexibility index (Phi) is 4.80. The molecule has 0 aliphatic carbocycles. The monoisotopic (exact) mass is 252 g/mol. The molecule has 16 heavy (non-hydrogen) atoms. The maximum atomic E-state index is 9.68. The van der Waals surface area contributed by atoms with Crippen molar-refractivity contribution in [3.63, 3.8) is 0 Å². The van der Waals surface area contributed by atoms with Crippen LogP contribution in [-0.2, 0) is 0 Å². The molecular weight excluding hydrogens is 236 g/mol. The highest BCUT2D eigenvalue weighted by atomic mass is 32.1. The van der Waals surface area contributed by atoms with E-state index >= 15 is 0 Å². The molecule has 0 aromatic rings. The van der Waals surface area contributed by atoms with Gasteiger partial charge in [-0.05, 0) is 19.1 Å². The smallest absolute Gasteiger partial charge is 0.195 e. The summed E-state index contributed by atoms with van der Waals surface area (Å²) in [4.78, 5) is 0. The normalized spacial score (nSPS) is 25.2. The second-order valence-corrected chi connectivity index (χ2v) is 3.97. The van der Waals surface area contributed by atoms with Crippen LogP contribution >= 0.6 is 12.2 Å². The van der Waals surface area contributed by atoms with Gasteiger partial charge in [0.05, 0.1) is 6.10 Å². The first kappa shape index (κ1) is 13.5. The van der Waals surface area contributed by atoms with Gasteiger partial charge in [-0.3, -0.25) is 10.9 Å². The van der Waals surface area contributed by atoms with Gasteiger partial charge < -0.3 is 20.4 Å². The molecule has 0 radical (unpaired) electrons. The zero-order valence-corrected chi connectivity index (χ0v) is 9.40. The maximum absolute atomic E-state index is 9.68. The molecule has 1 aliphatic rings. The molecular formula is C7H16N4O4S. The zero-order chi connectivity index (χ0) is 12.3. The fourth-order valence-electron chi connectivity index (χ4n) is 1.21. The van der Waals surface area contributed by atoms with Crippen LogP contribution in [0.2, 0.25) is 0 Å². The Morgan fingerprint density at radius 2 is 1.56 bits per heavy atom. The highest BCUT2D eigenvalue weighted by molar-refractivity contribution is 7.80. The summed E-state index contributed by atoms with van der Waals surface area (Å²) in [5, 5.41) is 37.9. The minimum atomic E-state index is -1.50. The molecule has 0 spiro atoms. The number of nitrogens with one attached hydrogen (secondary N) is 4. The topological polar surface area (TPSA) is 129 Å². The number of hydrogen-bond donors (Lipinski definition) is 8. The molecule has 9 heteroatoms. The maximum Gasteiger partial charge on any atom is 0.195 e. The molecule has 0 amide bonds. The van der Waals surface area contributed by atoms with Crippen LogP contribution in [0.4, 0.5) is 0 Å². The summed E-state index contributed by atoms with van der Waals surface area (Å²) in [6.07, 6.45) is -6.19. The molecule has 0 aromatic heterocycles. The van der Waals surface area contributed by atoms with Crippen molar-refractivity contribution in [3.05, 3.63) is 0 Å². The molecule has 0 aromatic carbocycles. The van der Waals surface area contributed by atoms with Crippen molar-refractivity contribution in [1.29, 1.82) is 0 Å². The van der Waals surface area contributed by atoms with E-state index in [-0.39, 0.29) is 5.11 Å². The lowest BCUT2D eigenvalue weighted by Gasteiger charge is -2.34. The van der Waals surface area contributed by atoms with E-state index in [9.17, 15) is 15.3 Å². The Morgan fingerprint density at radius 3 is 2.00 bits per heavy atom. The van der Waals surface area contributed by atoms with Crippen molar-refractivity contribution in [2.45, 2.75) is 37.5 Å². The fraction of sp³-hybridized carbons (Fsp3) is 0.857. The Morgan fingerprint density at radius 1 is 1.06 bits per heavy atom. The third-order valence-electron chi connectivity index (χ3n) is 2.22. The molecule has 94 valence electrons. The van der Waals surface area contributed by atoms with Crippen molar-refractivity contribution in [2.75, 3.05) is 0 Å². The van der Waals surface area contributed by atoms with Gasteiger partial charge in [0.2, 0.25) is 0 Å². The first-order chi connectivity index (χ1) is 7.43. The molecule has 1 fully saturated rings. The van der Waals surface area contributed by atoms with Gasteiger partial charge in [0.25, 0.3) is 0 Å². The summed E-state index contributed by atoms with van der Waals surface area (Å²) in [5.41, 5.74) is 10.2. The number of hydrogen-bond acceptors (Lipinski definition) is 7. The van der Waals surface area contributed by atoms with Gasteiger partial charge in [0, 0.05) is 0 Å². The van der Waals surface area contributed by atoms with E-state index in [2.05, 4.69) is 21.7 Å². The van der Waals surface area contributed by atoms with Crippen LogP contribution in [0.5, 0.6) is 0 Å². The summed E-state index contributed by atoms with van der Waals surface area (Å²) >= 11 is 4.72. The van der Waals surface area contributed by atoms with Gasteiger partial charge in [-0.1, -0.05) is 0 Å². The molecule has 1 heterocycles. The predicted octanol–water partition coefficient (Wildman–Crippen LogP) is -3.74. The first-order valence-corrected chi connectivity index (χ1v) is 5.13. The Hall–Kier alpha value is -0.550. The van der Waals surface area contributed by atoms with Crippen LogP contribution in [0.3, 0.4) is 0 Å². The third-order valence-corrected chi connectivity index (χ3v) is 2.42. The lowest BCUT2D eigenvalue weighted by Crippen LogP contribution is -2.71. The minimum Gasteiger partial charge on any atom is -0.391 e. The first-order valence-electron chi connectivity index (χ1n) is 4.72. The van der Waals surface area contributed by atoms with Gasteiger partial charge in [-0.25, -0.2) is 10.9 Å². The van der Waals surface area contributed by atoms with Gasteiger partial charge in [0.15, 0.2) is 5.11 Å². The number of thiocarbonyl (C=S) groups is 1. The van der Waals surface area contributed by atoms with E-state index in [1.165, 1.54) is 6.92 Å². The summed E-state index contributed by atoms with van der Waals surface area (Å²) < 4.78 is 0. The van der Waals surface area contributed by atoms with Gasteiger partial charge >= 0.3 is 0 Å². The van der Waals surface area contributed by atoms with Crippen molar-refractivity contribution >= 4 is 17.3 Å². The van der Waals surface area contributed by atoms with Crippen LogP contribution < -0.4 is 21.7 Å². The van der Waals surface area contributed by atoms with E-state index in [0.717, 1.165) is 0 Å². The number of aliphatic hydroxyl groups is 4. The molecule has 1 saturated heterocycles. The van der Waals surface area contributed by atoms with Crippen LogP contribution in [-0.4, -0.2) is 56.1 Å². The SMILES string of the molecule is C[C@H](O)[C@@H](O)[C@H](O)[C@H](O)C1NNC(=S)NN1. The molecule has 8 nitrogen and oxygen atoms in total. The molecule has 1 aliphatic heterocycles. The van der Waals surface area contributed by atoms with Gasteiger partial charge in [0.1, 0.15) is 24.5 Å². The van der Waals surface area contributed by atoms with E-state index < -0.39 is 30.6 Å². The average molecular weight is 252 g/mol. The molecule has 0 unspecified atom stereocenters.